The number of para-hydroxylation sites is 3. The minimum atomic E-state index is -2.57. The number of fused-ring (bicyclic) bond motifs is 3. The van der Waals surface area contributed by atoms with Gasteiger partial charge >= 0.3 is 216 Å². The monoisotopic (exact) mass is 633 g/mol. The van der Waals surface area contributed by atoms with Crippen LogP contribution in [-0.4, -0.2) is 47.3 Å². The fraction of sp³-hybridized carbons (Fsp3) is 0.0714. The van der Waals surface area contributed by atoms with Crippen LogP contribution in [0, 0.1) is 11.3 Å². The topological polar surface area (TPSA) is 39.4 Å². The molecule has 0 aliphatic carbocycles. The van der Waals surface area contributed by atoms with Crippen molar-refractivity contribution in [3.8, 4) is 6.07 Å². The van der Waals surface area contributed by atoms with Crippen LogP contribution in [0.25, 0.3) is 6.08 Å². The zero-order chi connectivity index (χ0) is 23.3. The molecule has 2 aliphatic rings. The standard InChI is InChI=1S/C28H21GeN3Se2/c1-29(2)21-9-3-4-10-22(21)31-28(29)19(18-30)17-20-15-16-27(33-20)32-23-11-5-7-13-25(23)34-26-14-8-6-12-24(26)32/h3-17H,1-2H3/b19-17+. The molecule has 0 atom stereocenters. The molecule has 0 fully saturated rings. The van der Waals surface area contributed by atoms with Crippen molar-refractivity contribution >= 4 is 88.3 Å². The summed E-state index contributed by atoms with van der Waals surface area (Å²) >= 11 is -2.15. The van der Waals surface area contributed by atoms with E-state index in [-0.39, 0.29) is 14.5 Å². The van der Waals surface area contributed by atoms with Crippen molar-refractivity contribution in [2.45, 2.75) is 11.5 Å². The Hall–Kier alpha value is -2.58. The first-order chi connectivity index (χ1) is 16.6. The van der Waals surface area contributed by atoms with Gasteiger partial charge in [-0.3, -0.25) is 0 Å². The molecule has 0 radical (unpaired) electrons. The molecule has 0 N–H and O–H groups in total. The average Bonchev–Trinajstić information content (AvgIpc) is 3.43. The van der Waals surface area contributed by atoms with Gasteiger partial charge in [-0.1, -0.05) is 0 Å². The van der Waals surface area contributed by atoms with Crippen LogP contribution in [0.2, 0.25) is 11.5 Å². The molecule has 0 spiro atoms. The fourth-order valence-corrected chi connectivity index (χ4v) is 14.7. The quantitative estimate of drug-likeness (QED) is 0.220. The Labute approximate surface area is 214 Å². The summed E-state index contributed by atoms with van der Waals surface area (Å²) in [7, 11) is 0. The first-order valence-electron chi connectivity index (χ1n) is 11.1. The van der Waals surface area contributed by atoms with Gasteiger partial charge in [0.25, 0.3) is 0 Å². The molecule has 2 aliphatic heterocycles. The molecule has 0 saturated carbocycles. The van der Waals surface area contributed by atoms with Gasteiger partial charge in [0.15, 0.2) is 0 Å². The van der Waals surface area contributed by atoms with E-state index in [1.165, 1.54) is 33.7 Å². The molecule has 3 heterocycles. The molecule has 0 amide bonds. The predicted octanol–water partition coefficient (Wildman–Crippen LogP) is 4.33. The maximum absolute atomic E-state index is 10.1. The van der Waals surface area contributed by atoms with E-state index in [2.05, 4.69) is 107 Å². The van der Waals surface area contributed by atoms with Crippen LogP contribution in [0.4, 0.5) is 21.6 Å². The molecule has 1 aromatic heterocycles. The first-order valence-corrected chi connectivity index (χ1v) is 20.8. The summed E-state index contributed by atoms with van der Waals surface area (Å²) < 4.78 is 7.78. The van der Waals surface area contributed by atoms with Crippen LogP contribution in [0.3, 0.4) is 0 Å². The van der Waals surface area contributed by atoms with Gasteiger partial charge in [-0.25, -0.2) is 0 Å². The zero-order valence-corrected chi connectivity index (χ0v) is 24.3. The van der Waals surface area contributed by atoms with E-state index in [0.717, 1.165) is 15.8 Å². The van der Waals surface area contributed by atoms with Crippen LogP contribution in [-0.2, 0) is 0 Å². The van der Waals surface area contributed by atoms with Crippen molar-refractivity contribution in [2.24, 2.45) is 4.99 Å². The Balaban J connectivity index is 1.41. The number of nitriles is 1. The Bertz CT molecular complexity index is 1500. The third kappa shape index (κ3) is 3.59. The molecule has 6 heteroatoms. The van der Waals surface area contributed by atoms with Gasteiger partial charge in [0, 0.05) is 0 Å². The van der Waals surface area contributed by atoms with Crippen molar-refractivity contribution in [3.63, 3.8) is 0 Å². The van der Waals surface area contributed by atoms with E-state index in [1.807, 2.05) is 6.07 Å². The number of benzene rings is 3. The van der Waals surface area contributed by atoms with Crippen LogP contribution >= 0.6 is 0 Å². The molecule has 164 valence electrons. The molecule has 0 saturated heterocycles. The predicted molar refractivity (Wildman–Crippen MR) is 147 cm³/mol. The average molecular weight is 630 g/mol. The molecular weight excluding hydrogens is 609 g/mol. The molecule has 3 nitrogen and oxygen atoms in total. The van der Waals surface area contributed by atoms with Crippen molar-refractivity contribution in [3.05, 3.63) is 94.9 Å². The summed E-state index contributed by atoms with van der Waals surface area (Å²) in [5.41, 5.74) is 4.38. The second-order valence-electron chi connectivity index (χ2n) is 8.82. The van der Waals surface area contributed by atoms with Gasteiger partial charge in [-0.05, 0) is 0 Å². The van der Waals surface area contributed by atoms with Crippen LogP contribution in [0.5, 0.6) is 0 Å². The normalized spacial score (nSPS) is 15.7. The molecule has 34 heavy (non-hydrogen) atoms. The number of hydrogen-bond donors (Lipinski definition) is 0. The van der Waals surface area contributed by atoms with Crippen molar-refractivity contribution in [1.29, 1.82) is 5.26 Å². The summed E-state index contributed by atoms with van der Waals surface area (Å²) in [4.78, 5) is 7.38. The van der Waals surface area contributed by atoms with Gasteiger partial charge in [0.2, 0.25) is 0 Å². The summed E-state index contributed by atoms with van der Waals surface area (Å²) in [6.07, 6.45) is 2.10. The van der Waals surface area contributed by atoms with E-state index in [4.69, 9.17) is 4.99 Å². The minimum absolute atomic E-state index is 0.107. The van der Waals surface area contributed by atoms with Crippen molar-refractivity contribution in [1.82, 2.24) is 0 Å². The van der Waals surface area contributed by atoms with E-state index in [0.29, 0.717) is 15.0 Å². The van der Waals surface area contributed by atoms with Gasteiger partial charge in [-0.15, -0.1) is 0 Å². The number of aliphatic imine (C=N–C) groups is 1. The summed E-state index contributed by atoms with van der Waals surface area (Å²) in [5, 5.41) is 10.1. The molecule has 0 bridgehead atoms. The molecule has 3 aromatic carbocycles. The van der Waals surface area contributed by atoms with Crippen LogP contribution < -0.4 is 18.2 Å². The Kier molecular flexibility index (Phi) is 5.53. The van der Waals surface area contributed by atoms with E-state index >= 15 is 0 Å². The van der Waals surface area contributed by atoms with Crippen molar-refractivity contribution < 1.29 is 0 Å². The van der Waals surface area contributed by atoms with Crippen molar-refractivity contribution in [2.75, 3.05) is 4.90 Å². The Morgan fingerprint density at radius 2 is 1.53 bits per heavy atom. The number of nitrogens with zero attached hydrogens (tertiary/aromatic N) is 3. The van der Waals surface area contributed by atoms with Gasteiger partial charge < -0.3 is 0 Å². The molecule has 4 aromatic rings. The number of rotatable bonds is 3. The molecule has 0 unspecified atom stereocenters. The van der Waals surface area contributed by atoms with Gasteiger partial charge in [-0.2, -0.15) is 0 Å². The zero-order valence-electron chi connectivity index (χ0n) is 18.8. The van der Waals surface area contributed by atoms with E-state index in [1.54, 1.807) is 0 Å². The first kappa shape index (κ1) is 21.9. The SMILES string of the molecule is [CH3][Ge]1([CH3])[C](/C(C#N)=C/c2ccc(N3c4ccccc4[Se]c4ccccc43)[se]2)=Nc2cccc[c]21. The van der Waals surface area contributed by atoms with Crippen LogP contribution in [0.15, 0.2) is 95.5 Å². The second-order valence-corrected chi connectivity index (χ2v) is 22.3. The number of allylic oxidation sites excluding steroid dienone is 1. The van der Waals surface area contributed by atoms with Gasteiger partial charge in [0.1, 0.15) is 0 Å². The number of anilines is 3. The fourth-order valence-electron chi connectivity index (χ4n) is 4.66. The van der Waals surface area contributed by atoms with Gasteiger partial charge in [0.05, 0.1) is 0 Å². The summed E-state index contributed by atoms with van der Waals surface area (Å²) in [6.45, 7) is 0. The third-order valence-electron chi connectivity index (χ3n) is 6.33. The van der Waals surface area contributed by atoms with Crippen LogP contribution in [0.1, 0.15) is 4.44 Å². The maximum atomic E-state index is 10.1. The Morgan fingerprint density at radius 3 is 2.21 bits per heavy atom. The molecule has 6 rings (SSSR count). The second kappa shape index (κ2) is 8.57. The Morgan fingerprint density at radius 1 is 0.882 bits per heavy atom. The molecular formula is C28H21GeN3Se2. The van der Waals surface area contributed by atoms with E-state index < -0.39 is 13.3 Å². The summed E-state index contributed by atoms with van der Waals surface area (Å²) in [6, 6.07) is 32.9. The van der Waals surface area contributed by atoms with E-state index in [9.17, 15) is 5.26 Å². The number of hydrogen-bond acceptors (Lipinski definition) is 3. The summed E-state index contributed by atoms with van der Waals surface area (Å²) in [5.74, 6) is 4.69. The third-order valence-corrected chi connectivity index (χ3v) is 17.8.